The molecule has 0 aromatic carbocycles. The second kappa shape index (κ2) is 10.3. The van der Waals surface area contributed by atoms with Gasteiger partial charge in [-0.1, -0.05) is 13.0 Å². The largest absolute Gasteiger partial charge is 0.467 e. The lowest BCUT2D eigenvalue weighted by Crippen LogP contribution is -2.56. The van der Waals surface area contributed by atoms with Gasteiger partial charge in [0, 0.05) is 5.54 Å². The van der Waals surface area contributed by atoms with E-state index in [0.29, 0.717) is 6.42 Å². The summed E-state index contributed by atoms with van der Waals surface area (Å²) >= 11 is 0. The molecule has 0 spiro atoms. The predicted molar refractivity (Wildman–Crippen MR) is 117 cm³/mol. The van der Waals surface area contributed by atoms with E-state index in [1.165, 1.54) is 17.9 Å². The molecule has 1 aliphatic rings. The number of nitrogens with one attached hydrogen (secondary N) is 2. The molecule has 4 atom stereocenters. The molecule has 0 aromatic heterocycles. The molecule has 0 radical (unpaired) electrons. The van der Waals surface area contributed by atoms with Crippen molar-refractivity contribution in [1.82, 2.24) is 15.5 Å². The lowest BCUT2D eigenvalue weighted by Gasteiger charge is -2.36. The monoisotopic (exact) mass is 455 g/mol. The Labute approximate surface area is 189 Å². The quantitative estimate of drug-likeness (QED) is 0.408. The van der Waals surface area contributed by atoms with Gasteiger partial charge in [0.25, 0.3) is 5.91 Å². The summed E-state index contributed by atoms with van der Waals surface area (Å²) in [5.74, 6) is -2.34. The summed E-state index contributed by atoms with van der Waals surface area (Å²) < 4.78 is 10.1. The number of carbonyl (C=O) groups is 4. The standard InChI is InChI=1S/C22H37N3O7/c1-10-14(17(27)24-15(13(3)26)19(29)31-9)23-18(28)16-12(2)11-22(7,8)25(16)20(30)32-21(4,5)6/h10,12-13,15-16,26H,11H2,1-9H3,(H,23,28)(H,24,27)/b14-10-/t12-,13+,15-,16-/m0/s1. The van der Waals surface area contributed by atoms with Crippen molar-refractivity contribution in [3.05, 3.63) is 11.8 Å². The molecule has 32 heavy (non-hydrogen) atoms. The second-order valence-electron chi connectivity index (χ2n) is 9.70. The van der Waals surface area contributed by atoms with Crippen molar-refractivity contribution in [2.45, 2.75) is 91.1 Å². The van der Waals surface area contributed by atoms with Crippen LogP contribution < -0.4 is 10.6 Å². The van der Waals surface area contributed by atoms with Gasteiger partial charge in [-0.2, -0.15) is 0 Å². The van der Waals surface area contributed by atoms with Crippen molar-refractivity contribution < 1.29 is 33.8 Å². The van der Waals surface area contributed by atoms with E-state index in [-0.39, 0.29) is 11.6 Å². The SMILES string of the molecule is C/C=C(\NC(=O)[C@@H]1[C@@H](C)CC(C)(C)N1C(=O)OC(C)(C)C)C(=O)N[C@H](C(=O)OC)[C@@H](C)O. The number of aliphatic hydroxyl groups is 1. The van der Waals surface area contributed by atoms with Crippen LogP contribution in [0.25, 0.3) is 0 Å². The number of rotatable bonds is 6. The zero-order valence-corrected chi connectivity index (χ0v) is 20.4. The molecule has 1 fully saturated rings. The van der Waals surface area contributed by atoms with Gasteiger partial charge in [0.2, 0.25) is 5.91 Å². The molecular formula is C22H37N3O7. The molecule has 1 saturated heterocycles. The van der Waals surface area contributed by atoms with E-state index in [2.05, 4.69) is 15.4 Å². The molecule has 1 rings (SSSR count). The Morgan fingerprint density at radius 3 is 2.22 bits per heavy atom. The third-order valence-corrected chi connectivity index (χ3v) is 5.16. The summed E-state index contributed by atoms with van der Waals surface area (Å²) in [5, 5.41) is 14.7. The number of nitrogens with zero attached hydrogens (tertiary/aromatic N) is 1. The molecule has 10 heteroatoms. The third-order valence-electron chi connectivity index (χ3n) is 5.16. The average molecular weight is 456 g/mol. The summed E-state index contributed by atoms with van der Waals surface area (Å²) in [4.78, 5) is 52.0. The Kier molecular flexibility index (Phi) is 8.85. The first-order valence-corrected chi connectivity index (χ1v) is 10.6. The van der Waals surface area contributed by atoms with Crippen LogP contribution in [0.5, 0.6) is 0 Å². The highest BCUT2D eigenvalue weighted by molar-refractivity contribution is 6.00. The fraction of sp³-hybridized carbons (Fsp3) is 0.727. The van der Waals surface area contributed by atoms with E-state index in [9.17, 15) is 24.3 Å². The van der Waals surface area contributed by atoms with E-state index in [4.69, 9.17) is 4.74 Å². The van der Waals surface area contributed by atoms with Crippen LogP contribution in [0.4, 0.5) is 4.79 Å². The highest BCUT2D eigenvalue weighted by Gasteiger charge is 2.51. The maximum Gasteiger partial charge on any atom is 0.411 e. The first-order chi connectivity index (χ1) is 14.6. The van der Waals surface area contributed by atoms with E-state index in [1.807, 2.05) is 20.8 Å². The van der Waals surface area contributed by atoms with Crippen LogP contribution in [-0.2, 0) is 23.9 Å². The normalized spacial score (nSPS) is 22.6. The minimum absolute atomic E-state index is 0.120. The van der Waals surface area contributed by atoms with Crippen LogP contribution in [0.1, 0.15) is 61.8 Å². The van der Waals surface area contributed by atoms with Crippen LogP contribution in [0, 0.1) is 5.92 Å². The highest BCUT2D eigenvalue weighted by atomic mass is 16.6. The molecule has 3 amide bonds. The molecule has 1 heterocycles. The number of ether oxygens (including phenoxy) is 2. The molecule has 182 valence electrons. The molecule has 1 aliphatic heterocycles. The molecule has 0 saturated carbocycles. The van der Waals surface area contributed by atoms with Crippen LogP contribution in [0.2, 0.25) is 0 Å². The number of hydrogen-bond donors (Lipinski definition) is 3. The van der Waals surface area contributed by atoms with Crippen molar-refractivity contribution >= 4 is 23.9 Å². The van der Waals surface area contributed by atoms with Gasteiger partial charge in [-0.25, -0.2) is 9.59 Å². The molecule has 0 aromatic rings. The van der Waals surface area contributed by atoms with Crippen molar-refractivity contribution in [1.29, 1.82) is 0 Å². The smallest absolute Gasteiger partial charge is 0.411 e. The summed E-state index contributed by atoms with van der Waals surface area (Å²) in [6.45, 7) is 13.7. The molecular weight excluding hydrogens is 418 g/mol. The van der Waals surface area contributed by atoms with Crippen LogP contribution in [0.3, 0.4) is 0 Å². The van der Waals surface area contributed by atoms with Gasteiger partial charge in [0.1, 0.15) is 17.3 Å². The molecule has 3 N–H and O–H groups in total. The first kappa shape index (κ1) is 27.4. The summed E-state index contributed by atoms with van der Waals surface area (Å²) in [6.07, 6.45) is 0.109. The topological polar surface area (TPSA) is 134 Å². The fourth-order valence-electron chi connectivity index (χ4n) is 3.87. The van der Waals surface area contributed by atoms with Crippen molar-refractivity contribution in [3.8, 4) is 0 Å². The third kappa shape index (κ3) is 6.69. The first-order valence-electron chi connectivity index (χ1n) is 10.6. The van der Waals surface area contributed by atoms with E-state index in [0.717, 1.165) is 7.11 Å². The summed E-state index contributed by atoms with van der Waals surface area (Å²) in [7, 11) is 1.14. The molecule has 0 bridgehead atoms. The molecule has 10 nitrogen and oxygen atoms in total. The van der Waals surface area contributed by atoms with Gasteiger partial charge in [0.15, 0.2) is 6.04 Å². The number of amides is 3. The van der Waals surface area contributed by atoms with E-state index in [1.54, 1.807) is 27.7 Å². The van der Waals surface area contributed by atoms with Crippen LogP contribution in [0.15, 0.2) is 11.8 Å². The summed E-state index contributed by atoms with van der Waals surface area (Å²) in [6, 6.07) is -2.17. The van der Waals surface area contributed by atoms with Crippen molar-refractivity contribution in [3.63, 3.8) is 0 Å². The van der Waals surface area contributed by atoms with Gasteiger partial charge in [-0.15, -0.1) is 0 Å². The fourth-order valence-corrected chi connectivity index (χ4v) is 3.87. The zero-order chi connectivity index (χ0) is 25.0. The Morgan fingerprint density at radius 1 is 1.22 bits per heavy atom. The molecule has 0 unspecified atom stereocenters. The van der Waals surface area contributed by atoms with Gasteiger partial charge in [-0.05, 0) is 60.8 Å². The maximum absolute atomic E-state index is 13.2. The lowest BCUT2D eigenvalue weighted by molar-refractivity contribution is -0.147. The summed E-state index contributed by atoms with van der Waals surface area (Å²) in [5.41, 5.74) is -1.49. The maximum atomic E-state index is 13.2. The van der Waals surface area contributed by atoms with Crippen LogP contribution >= 0.6 is 0 Å². The Hall–Kier alpha value is -2.62. The van der Waals surface area contributed by atoms with Crippen LogP contribution in [-0.4, -0.2) is 70.3 Å². The van der Waals surface area contributed by atoms with Crippen molar-refractivity contribution in [2.75, 3.05) is 7.11 Å². The highest BCUT2D eigenvalue weighted by Crippen LogP contribution is 2.39. The Bertz CT molecular complexity index is 768. The number of esters is 1. The molecule has 0 aliphatic carbocycles. The number of likely N-dealkylation sites (tertiary alicyclic amines) is 1. The van der Waals surface area contributed by atoms with E-state index < -0.39 is 53.2 Å². The minimum Gasteiger partial charge on any atom is -0.467 e. The van der Waals surface area contributed by atoms with Gasteiger partial charge < -0.3 is 25.2 Å². The van der Waals surface area contributed by atoms with E-state index >= 15 is 0 Å². The lowest BCUT2D eigenvalue weighted by atomic mass is 9.95. The van der Waals surface area contributed by atoms with Gasteiger partial charge in [0.05, 0.1) is 13.2 Å². The average Bonchev–Trinajstić information content (AvgIpc) is 2.89. The Morgan fingerprint density at radius 2 is 1.78 bits per heavy atom. The number of aliphatic hydroxyl groups excluding tert-OH is 1. The number of carbonyl (C=O) groups excluding carboxylic acids is 4. The predicted octanol–water partition coefficient (Wildman–Crippen LogP) is 1.47. The number of hydrogen-bond acceptors (Lipinski definition) is 7. The second-order valence-corrected chi connectivity index (χ2v) is 9.70. The van der Waals surface area contributed by atoms with Gasteiger partial charge >= 0.3 is 12.1 Å². The minimum atomic E-state index is -1.30. The van der Waals surface area contributed by atoms with Gasteiger partial charge in [-0.3, -0.25) is 14.5 Å². The van der Waals surface area contributed by atoms with Crippen molar-refractivity contribution in [2.24, 2.45) is 5.92 Å². The number of methoxy groups -OCH3 is 1. The Balaban J connectivity index is 3.08. The zero-order valence-electron chi connectivity index (χ0n) is 20.4. The number of allylic oxidation sites excluding steroid dienone is 1.